The molecule has 2 aromatic rings. The molecular weight excluding hydrogens is 422 g/mol. The largest absolute Gasteiger partial charge is 0.482 e. The Labute approximate surface area is 164 Å². The average molecular weight is 440 g/mol. The van der Waals surface area contributed by atoms with Crippen LogP contribution in [0.2, 0.25) is 0 Å². The first-order valence-corrected chi connectivity index (χ1v) is 10.8. The third-order valence-corrected chi connectivity index (χ3v) is 6.95. The van der Waals surface area contributed by atoms with Crippen LogP contribution >= 0.6 is 39.5 Å². The lowest BCUT2D eigenvalue weighted by Gasteiger charge is -2.21. The maximum atomic E-state index is 11.8. The highest BCUT2D eigenvalue weighted by Gasteiger charge is 2.16. The smallest absolute Gasteiger partial charge is 0.344 e. The van der Waals surface area contributed by atoms with Crippen LogP contribution in [0.15, 0.2) is 47.2 Å². The van der Waals surface area contributed by atoms with E-state index in [9.17, 15) is 4.79 Å². The molecule has 132 valence electrons. The van der Waals surface area contributed by atoms with Crippen molar-refractivity contribution in [2.75, 3.05) is 18.1 Å². The summed E-state index contributed by atoms with van der Waals surface area (Å²) in [4.78, 5) is 15.8. The lowest BCUT2D eigenvalue weighted by Crippen LogP contribution is -2.14. The predicted molar refractivity (Wildman–Crippen MR) is 106 cm³/mol. The Kier molecular flexibility index (Phi) is 7.07. The molecule has 0 amide bonds. The van der Waals surface area contributed by atoms with Gasteiger partial charge < -0.3 is 9.47 Å². The number of ether oxygens (including phenoxy) is 2. The van der Waals surface area contributed by atoms with Crippen LogP contribution in [-0.2, 0) is 16.1 Å². The Hall–Kier alpha value is -1.18. The summed E-state index contributed by atoms with van der Waals surface area (Å²) in [6.45, 7) is 0.0808. The quantitative estimate of drug-likeness (QED) is 0.600. The summed E-state index contributed by atoms with van der Waals surface area (Å²) >= 11 is 7.31. The molecule has 0 bridgehead atoms. The maximum Gasteiger partial charge on any atom is 0.344 e. The van der Waals surface area contributed by atoms with Gasteiger partial charge in [0.15, 0.2) is 6.61 Å². The molecule has 0 spiro atoms. The van der Waals surface area contributed by atoms with Gasteiger partial charge in [-0.2, -0.15) is 0 Å². The van der Waals surface area contributed by atoms with Crippen molar-refractivity contribution < 1.29 is 14.3 Å². The van der Waals surface area contributed by atoms with Gasteiger partial charge in [0.05, 0.1) is 4.58 Å². The molecule has 3 rings (SSSR count). The third-order valence-electron chi connectivity index (χ3n) is 3.50. The fourth-order valence-electron chi connectivity index (χ4n) is 2.28. The highest BCUT2D eigenvalue weighted by molar-refractivity contribution is 9.10. The lowest BCUT2D eigenvalue weighted by atomic mass is 10.2. The van der Waals surface area contributed by atoms with Gasteiger partial charge in [-0.3, -0.25) is 4.98 Å². The molecule has 1 aromatic carbocycles. The van der Waals surface area contributed by atoms with E-state index in [-0.39, 0.29) is 13.2 Å². The summed E-state index contributed by atoms with van der Waals surface area (Å²) in [5.74, 6) is 2.71. The number of rotatable bonds is 6. The van der Waals surface area contributed by atoms with Gasteiger partial charge in [0.2, 0.25) is 0 Å². The number of hydrogen-bond donors (Lipinski definition) is 0. The number of halogens is 1. The summed E-state index contributed by atoms with van der Waals surface area (Å²) in [7, 11) is 0. The van der Waals surface area contributed by atoms with E-state index in [1.165, 1.54) is 23.5 Å². The second-order valence-electron chi connectivity index (χ2n) is 5.46. The Bertz CT molecular complexity index is 706. The van der Waals surface area contributed by atoms with Gasteiger partial charge >= 0.3 is 5.97 Å². The Morgan fingerprint density at radius 3 is 2.68 bits per heavy atom. The zero-order valence-corrected chi connectivity index (χ0v) is 16.7. The molecule has 2 heterocycles. The van der Waals surface area contributed by atoms with Gasteiger partial charge in [0.25, 0.3) is 0 Å². The normalized spacial score (nSPS) is 14.9. The minimum absolute atomic E-state index is 0.103. The molecule has 0 unspecified atom stereocenters. The first kappa shape index (κ1) is 18.6. The Balaban J connectivity index is 1.43. The summed E-state index contributed by atoms with van der Waals surface area (Å²) in [6, 6.07) is 9.84. The Morgan fingerprint density at radius 2 is 1.96 bits per heavy atom. The number of benzene rings is 1. The average Bonchev–Trinajstić information content (AvgIpc) is 2.66. The molecular formula is C18H18BrNO3S2. The standard InChI is InChI=1S/C18H18BrNO3S2/c19-15-8-13(9-20-10-15)11-23-17(21)12-22-16-4-2-14(3-5-16)18-24-6-1-7-25-18/h2-5,8-10,18H,1,6-7,11-12H2. The fourth-order valence-corrected chi connectivity index (χ4v) is 5.59. The molecule has 1 aliphatic heterocycles. The molecule has 0 atom stereocenters. The number of carbonyl (C=O) groups is 1. The van der Waals surface area contributed by atoms with Crippen molar-refractivity contribution in [1.29, 1.82) is 0 Å². The monoisotopic (exact) mass is 439 g/mol. The molecule has 1 aromatic heterocycles. The van der Waals surface area contributed by atoms with E-state index < -0.39 is 5.97 Å². The van der Waals surface area contributed by atoms with Gasteiger partial charge in [-0.05, 0) is 57.6 Å². The molecule has 0 aliphatic carbocycles. The topological polar surface area (TPSA) is 48.4 Å². The second kappa shape index (κ2) is 9.50. The van der Waals surface area contributed by atoms with Crippen molar-refractivity contribution in [3.05, 3.63) is 58.3 Å². The molecule has 1 saturated heterocycles. The van der Waals surface area contributed by atoms with E-state index in [4.69, 9.17) is 9.47 Å². The van der Waals surface area contributed by atoms with Crippen molar-refractivity contribution in [1.82, 2.24) is 4.98 Å². The summed E-state index contributed by atoms with van der Waals surface area (Å²) in [6.07, 6.45) is 4.63. The molecule has 1 aliphatic rings. The van der Waals surface area contributed by atoms with Gasteiger partial charge in [0.1, 0.15) is 12.4 Å². The molecule has 0 N–H and O–H groups in total. The van der Waals surface area contributed by atoms with Crippen LogP contribution in [0.3, 0.4) is 0 Å². The zero-order valence-electron chi connectivity index (χ0n) is 13.5. The lowest BCUT2D eigenvalue weighted by molar-refractivity contribution is -0.147. The van der Waals surface area contributed by atoms with Gasteiger partial charge in [0, 0.05) is 22.4 Å². The minimum atomic E-state index is -0.401. The van der Waals surface area contributed by atoms with E-state index in [0.717, 1.165) is 10.0 Å². The summed E-state index contributed by atoms with van der Waals surface area (Å²) in [5.41, 5.74) is 2.13. The molecule has 4 nitrogen and oxygen atoms in total. The van der Waals surface area contributed by atoms with Crippen LogP contribution in [0.25, 0.3) is 0 Å². The SMILES string of the molecule is O=C(COc1ccc(C2SCCCS2)cc1)OCc1cncc(Br)c1. The highest BCUT2D eigenvalue weighted by Crippen LogP contribution is 2.43. The summed E-state index contributed by atoms with van der Waals surface area (Å²) in [5, 5.41) is 0. The van der Waals surface area contributed by atoms with E-state index in [2.05, 4.69) is 33.0 Å². The van der Waals surface area contributed by atoms with E-state index in [0.29, 0.717) is 10.3 Å². The van der Waals surface area contributed by atoms with Crippen molar-refractivity contribution in [2.24, 2.45) is 0 Å². The van der Waals surface area contributed by atoms with Crippen LogP contribution in [0.4, 0.5) is 0 Å². The molecule has 0 saturated carbocycles. The number of esters is 1. The minimum Gasteiger partial charge on any atom is -0.482 e. The highest BCUT2D eigenvalue weighted by atomic mass is 79.9. The maximum absolute atomic E-state index is 11.8. The first-order chi connectivity index (χ1) is 12.2. The van der Waals surface area contributed by atoms with Crippen LogP contribution in [-0.4, -0.2) is 29.1 Å². The first-order valence-electron chi connectivity index (χ1n) is 7.92. The van der Waals surface area contributed by atoms with Crippen molar-refractivity contribution >= 4 is 45.4 Å². The predicted octanol–water partition coefficient (Wildman–Crippen LogP) is 4.84. The fraction of sp³-hybridized carbons (Fsp3) is 0.333. The van der Waals surface area contributed by atoms with Crippen molar-refractivity contribution in [2.45, 2.75) is 17.6 Å². The molecule has 7 heteroatoms. The Morgan fingerprint density at radius 1 is 1.20 bits per heavy atom. The summed E-state index contributed by atoms with van der Waals surface area (Å²) < 4.78 is 12.1. The third kappa shape index (κ3) is 5.94. The molecule has 25 heavy (non-hydrogen) atoms. The van der Waals surface area contributed by atoms with Gasteiger partial charge in [-0.25, -0.2) is 4.79 Å². The molecule has 0 radical (unpaired) electrons. The number of hydrogen-bond acceptors (Lipinski definition) is 6. The number of thioether (sulfide) groups is 2. The van der Waals surface area contributed by atoms with Crippen LogP contribution in [0.1, 0.15) is 22.1 Å². The second-order valence-corrected chi connectivity index (χ2v) is 9.10. The van der Waals surface area contributed by atoms with E-state index in [1.807, 2.05) is 41.7 Å². The molecule has 1 fully saturated rings. The van der Waals surface area contributed by atoms with Gasteiger partial charge in [-0.1, -0.05) is 12.1 Å². The van der Waals surface area contributed by atoms with Gasteiger partial charge in [-0.15, -0.1) is 23.5 Å². The van der Waals surface area contributed by atoms with E-state index in [1.54, 1.807) is 12.4 Å². The number of aromatic nitrogens is 1. The van der Waals surface area contributed by atoms with Crippen molar-refractivity contribution in [3.8, 4) is 5.75 Å². The zero-order chi connectivity index (χ0) is 17.5. The van der Waals surface area contributed by atoms with Crippen LogP contribution < -0.4 is 4.74 Å². The van der Waals surface area contributed by atoms with Crippen LogP contribution in [0, 0.1) is 0 Å². The van der Waals surface area contributed by atoms with Crippen LogP contribution in [0.5, 0.6) is 5.75 Å². The number of nitrogens with zero attached hydrogens (tertiary/aromatic N) is 1. The number of carbonyl (C=O) groups excluding carboxylic acids is 1. The number of pyridine rings is 1. The van der Waals surface area contributed by atoms with Crippen molar-refractivity contribution in [3.63, 3.8) is 0 Å². The van der Waals surface area contributed by atoms with E-state index >= 15 is 0 Å².